The largest absolute Gasteiger partial charge is 0.385 e. The Kier molecular flexibility index (Phi) is 6.09. The summed E-state index contributed by atoms with van der Waals surface area (Å²) >= 11 is 3.75. The Bertz CT molecular complexity index is 209. The molecule has 0 amide bonds. The normalized spacial score (nSPS) is 28.7. The topological polar surface area (TPSA) is 26.3 Å². The molecule has 3 unspecified atom stereocenters. The Morgan fingerprint density at radius 2 is 2.13 bits per heavy atom. The summed E-state index contributed by atoms with van der Waals surface area (Å²) in [6, 6.07) is 0. The average molecular weight is 248 g/mol. The molecule has 0 bridgehead atoms. The summed E-state index contributed by atoms with van der Waals surface area (Å²) in [6.45, 7) is 4.88. The highest BCUT2D eigenvalue weighted by Gasteiger charge is 2.31. The standard InChI is InChI=1S/C11H20O2S2/c1-8(4-5-13-3)10(12)11-9(2)14-6-7-15-11/h8-9,11H,4-7H2,1-3H3. The van der Waals surface area contributed by atoms with Crippen molar-refractivity contribution in [3.8, 4) is 0 Å². The van der Waals surface area contributed by atoms with E-state index in [9.17, 15) is 4.79 Å². The minimum absolute atomic E-state index is 0.142. The Morgan fingerprint density at radius 3 is 2.73 bits per heavy atom. The molecule has 0 spiro atoms. The molecule has 1 saturated heterocycles. The van der Waals surface area contributed by atoms with Crippen molar-refractivity contribution in [2.45, 2.75) is 30.8 Å². The molecule has 1 fully saturated rings. The van der Waals surface area contributed by atoms with Gasteiger partial charge in [-0.3, -0.25) is 4.79 Å². The second kappa shape index (κ2) is 6.81. The molecule has 0 aliphatic carbocycles. The quantitative estimate of drug-likeness (QED) is 0.746. The molecule has 1 aliphatic rings. The van der Waals surface area contributed by atoms with Crippen LogP contribution < -0.4 is 0 Å². The van der Waals surface area contributed by atoms with Gasteiger partial charge in [-0.25, -0.2) is 0 Å². The van der Waals surface area contributed by atoms with Crippen molar-refractivity contribution in [3.63, 3.8) is 0 Å². The minimum Gasteiger partial charge on any atom is -0.385 e. The van der Waals surface area contributed by atoms with Crippen molar-refractivity contribution < 1.29 is 9.53 Å². The number of carbonyl (C=O) groups excluding carboxylic acids is 1. The van der Waals surface area contributed by atoms with Crippen LogP contribution in [0.3, 0.4) is 0 Å². The van der Waals surface area contributed by atoms with E-state index < -0.39 is 0 Å². The first kappa shape index (κ1) is 13.4. The Labute approximate surface area is 101 Å². The smallest absolute Gasteiger partial charge is 0.149 e. The summed E-state index contributed by atoms with van der Waals surface area (Å²) in [4.78, 5) is 12.1. The van der Waals surface area contributed by atoms with Gasteiger partial charge in [-0.1, -0.05) is 13.8 Å². The predicted octanol–water partition coefficient (Wildman–Crippen LogP) is 2.47. The average Bonchev–Trinajstić information content (AvgIpc) is 2.25. The SMILES string of the molecule is COCCC(C)C(=O)C1SCCSC1C. The number of Topliss-reactive ketones (excluding diaryl/α,β-unsaturated/α-hetero) is 1. The molecule has 4 heteroatoms. The molecule has 0 saturated carbocycles. The molecule has 0 aromatic heterocycles. The van der Waals surface area contributed by atoms with Crippen LogP contribution >= 0.6 is 23.5 Å². The van der Waals surface area contributed by atoms with Gasteiger partial charge in [0.15, 0.2) is 0 Å². The molecule has 2 nitrogen and oxygen atoms in total. The van der Waals surface area contributed by atoms with Gasteiger partial charge in [0, 0.05) is 36.4 Å². The summed E-state index contributed by atoms with van der Waals surface area (Å²) in [5.74, 6) is 2.85. The van der Waals surface area contributed by atoms with Crippen molar-refractivity contribution in [2.75, 3.05) is 25.2 Å². The maximum absolute atomic E-state index is 12.1. The molecule has 0 aromatic carbocycles. The summed E-state index contributed by atoms with van der Waals surface area (Å²) in [5, 5.41) is 0.678. The number of rotatable bonds is 5. The number of thioether (sulfide) groups is 2. The van der Waals surface area contributed by atoms with E-state index in [0.717, 1.165) is 12.2 Å². The van der Waals surface area contributed by atoms with Gasteiger partial charge in [-0.05, 0) is 6.42 Å². The molecule has 1 aliphatic heterocycles. The van der Waals surface area contributed by atoms with Gasteiger partial charge in [-0.2, -0.15) is 11.8 Å². The molecule has 0 aromatic rings. The second-order valence-electron chi connectivity index (χ2n) is 3.95. The number of hydrogen-bond donors (Lipinski definition) is 0. The first-order valence-electron chi connectivity index (χ1n) is 5.42. The highest BCUT2D eigenvalue weighted by atomic mass is 32.2. The molecule has 1 rings (SSSR count). The predicted molar refractivity (Wildman–Crippen MR) is 68.8 cm³/mol. The first-order valence-corrected chi connectivity index (χ1v) is 7.52. The summed E-state index contributed by atoms with van der Waals surface area (Å²) in [6.07, 6.45) is 0.851. The van der Waals surface area contributed by atoms with Crippen LogP contribution in [0.4, 0.5) is 0 Å². The summed E-state index contributed by atoms with van der Waals surface area (Å²) in [5.41, 5.74) is 0. The third kappa shape index (κ3) is 4.00. The molecule has 88 valence electrons. The lowest BCUT2D eigenvalue weighted by atomic mass is 9.99. The van der Waals surface area contributed by atoms with Crippen LogP contribution in [-0.4, -0.2) is 41.5 Å². The van der Waals surface area contributed by atoms with Crippen LogP contribution in [-0.2, 0) is 9.53 Å². The van der Waals surface area contributed by atoms with Gasteiger partial charge in [0.25, 0.3) is 0 Å². The number of ketones is 1. The van der Waals surface area contributed by atoms with E-state index in [-0.39, 0.29) is 11.2 Å². The lowest BCUT2D eigenvalue weighted by Gasteiger charge is -2.28. The van der Waals surface area contributed by atoms with E-state index in [1.165, 1.54) is 5.75 Å². The molecule has 15 heavy (non-hydrogen) atoms. The van der Waals surface area contributed by atoms with Crippen LogP contribution in [0.1, 0.15) is 20.3 Å². The van der Waals surface area contributed by atoms with Gasteiger partial charge >= 0.3 is 0 Å². The van der Waals surface area contributed by atoms with E-state index in [1.54, 1.807) is 7.11 Å². The zero-order valence-electron chi connectivity index (χ0n) is 9.69. The van der Waals surface area contributed by atoms with E-state index in [0.29, 0.717) is 17.6 Å². The second-order valence-corrected chi connectivity index (χ2v) is 6.69. The van der Waals surface area contributed by atoms with Crippen LogP contribution in [0, 0.1) is 5.92 Å². The third-order valence-electron chi connectivity index (χ3n) is 2.71. The molecular weight excluding hydrogens is 228 g/mol. The Balaban J connectivity index is 2.43. The van der Waals surface area contributed by atoms with Gasteiger partial charge < -0.3 is 4.74 Å². The molecule has 0 N–H and O–H groups in total. The van der Waals surface area contributed by atoms with Gasteiger partial charge in [0.1, 0.15) is 5.78 Å². The van der Waals surface area contributed by atoms with E-state index in [2.05, 4.69) is 6.92 Å². The van der Waals surface area contributed by atoms with Gasteiger partial charge in [0.2, 0.25) is 0 Å². The Morgan fingerprint density at radius 1 is 1.47 bits per heavy atom. The van der Waals surface area contributed by atoms with Crippen molar-refractivity contribution in [2.24, 2.45) is 5.92 Å². The lowest BCUT2D eigenvalue weighted by Crippen LogP contribution is -2.35. The minimum atomic E-state index is 0.142. The van der Waals surface area contributed by atoms with Crippen LogP contribution in [0.2, 0.25) is 0 Å². The lowest BCUT2D eigenvalue weighted by molar-refractivity contribution is -0.122. The van der Waals surface area contributed by atoms with Gasteiger partial charge in [-0.15, -0.1) is 11.8 Å². The third-order valence-corrected chi connectivity index (χ3v) is 5.82. The molecule has 0 radical (unpaired) electrons. The summed E-state index contributed by atoms with van der Waals surface area (Å²) in [7, 11) is 1.69. The van der Waals surface area contributed by atoms with E-state index in [4.69, 9.17) is 4.74 Å². The number of methoxy groups -OCH3 is 1. The Hall–Kier alpha value is 0.330. The summed E-state index contributed by atoms with van der Waals surface area (Å²) < 4.78 is 5.01. The molecular formula is C11H20O2S2. The fourth-order valence-corrected chi connectivity index (χ4v) is 4.51. The van der Waals surface area contributed by atoms with Crippen molar-refractivity contribution >= 4 is 29.3 Å². The van der Waals surface area contributed by atoms with E-state index >= 15 is 0 Å². The first-order chi connectivity index (χ1) is 7.16. The van der Waals surface area contributed by atoms with Crippen LogP contribution in [0.15, 0.2) is 0 Å². The highest BCUT2D eigenvalue weighted by molar-refractivity contribution is 8.07. The van der Waals surface area contributed by atoms with Crippen molar-refractivity contribution in [3.05, 3.63) is 0 Å². The highest BCUT2D eigenvalue weighted by Crippen LogP contribution is 2.33. The van der Waals surface area contributed by atoms with Crippen LogP contribution in [0.25, 0.3) is 0 Å². The maximum Gasteiger partial charge on any atom is 0.149 e. The zero-order chi connectivity index (χ0) is 11.3. The maximum atomic E-state index is 12.1. The molecule has 3 atom stereocenters. The number of hydrogen-bond acceptors (Lipinski definition) is 4. The monoisotopic (exact) mass is 248 g/mol. The fraction of sp³-hybridized carbons (Fsp3) is 0.909. The molecule has 1 heterocycles. The van der Waals surface area contributed by atoms with Crippen molar-refractivity contribution in [1.29, 1.82) is 0 Å². The van der Waals surface area contributed by atoms with E-state index in [1.807, 2.05) is 30.4 Å². The fourth-order valence-electron chi connectivity index (χ4n) is 1.66. The van der Waals surface area contributed by atoms with Gasteiger partial charge in [0.05, 0.1) is 5.25 Å². The van der Waals surface area contributed by atoms with Crippen molar-refractivity contribution in [1.82, 2.24) is 0 Å². The zero-order valence-corrected chi connectivity index (χ0v) is 11.3. The number of ether oxygens (including phenoxy) is 1. The number of carbonyl (C=O) groups is 1. The van der Waals surface area contributed by atoms with Crippen LogP contribution in [0.5, 0.6) is 0 Å².